The Labute approximate surface area is 77.5 Å². The van der Waals surface area contributed by atoms with E-state index in [1.54, 1.807) is 12.1 Å². The average Bonchev–Trinajstić information content (AvgIpc) is 2.14. The molecule has 70 valence electrons. The fraction of sp³-hybridized carbons (Fsp3) is 0.300. The molecule has 1 N–H and O–H groups in total. The highest BCUT2D eigenvalue weighted by Crippen LogP contribution is 2.05. The lowest BCUT2D eigenvalue weighted by Gasteiger charge is -2.05. The van der Waals surface area contributed by atoms with Crippen molar-refractivity contribution < 1.29 is 4.39 Å². The van der Waals surface area contributed by atoms with Gasteiger partial charge in [-0.25, -0.2) is 4.98 Å². The summed E-state index contributed by atoms with van der Waals surface area (Å²) in [5, 5.41) is 2.99. The highest BCUT2D eigenvalue weighted by Gasteiger charge is 1.95. The van der Waals surface area contributed by atoms with Gasteiger partial charge in [0.25, 0.3) is 0 Å². The van der Waals surface area contributed by atoms with E-state index in [0.29, 0.717) is 12.4 Å². The summed E-state index contributed by atoms with van der Waals surface area (Å²) in [6.07, 6.45) is 0.919. The van der Waals surface area contributed by atoms with E-state index in [-0.39, 0.29) is 0 Å². The molecular formula is C10H13FN2. The molecule has 0 radical (unpaired) electrons. The topological polar surface area (TPSA) is 24.9 Å². The molecule has 0 unspecified atom stereocenters. The smallest absolute Gasteiger partial charge is 0.214 e. The molecule has 13 heavy (non-hydrogen) atoms. The van der Waals surface area contributed by atoms with Crippen molar-refractivity contribution in [1.82, 2.24) is 4.98 Å². The zero-order valence-corrected chi connectivity index (χ0v) is 7.68. The van der Waals surface area contributed by atoms with Gasteiger partial charge in [0.15, 0.2) is 0 Å². The van der Waals surface area contributed by atoms with Crippen LogP contribution in [0.5, 0.6) is 0 Å². The van der Waals surface area contributed by atoms with Crippen LogP contribution >= 0.6 is 0 Å². The van der Waals surface area contributed by atoms with Crippen LogP contribution in [0.3, 0.4) is 0 Å². The molecule has 1 heterocycles. The van der Waals surface area contributed by atoms with Crippen molar-refractivity contribution in [2.45, 2.75) is 13.3 Å². The van der Waals surface area contributed by atoms with Crippen molar-refractivity contribution in [3.05, 3.63) is 36.3 Å². The van der Waals surface area contributed by atoms with Gasteiger partial charge in [-0.2, -0.15) is 4.39 Å². The second-order valence-corrected chi connectivity index (χ2v) is 2.80. The van der Waals surface area contributed by atoms with Gasteiger partial charge in [-0.05, 0) is 18.6 Å². The third-order valence-corrected chi connectivity index (χ3v) is 1.73. The van der Waals surface area contributed by atoms with Crippen molar-refractivity contribution in [1.29, 1.82) is 0 Å². The van der Waals surface area contributed by atoms with E-state index >= 15 is 0 Å². The highest BCUT2D eigenvalue weighted by molar-refractivity contribution is 5.35. The SMILES string of the molecule is C=C(CC)CNc1cccc(F)n1. The minimum atomic E-state index is -0.466. The first-order valence-corrected chi connectivity index (χ1v) is 4.25. The molecule has 0 aliphatic carbocycles. The zero-order valence-electron chi connectivity index (χ0n) is 7.68. The molecule has 2 nitrogen and oxygen atoms in total. The molecule has 0 saturated heterocycles. The van der Waals surface area contributed by atoms with Gasteiger partial charge in [-0.15, -0.1) is 0 Å². The minimum Gasteiger partial charge on any atom is -0.366 e. The summed E-state index contributed by atoms with van der Waals surface area (Å²) in [5.74, 6) is 0.0849. The van der Waals surface area contributed by atoms with Crippen LogP contribution in [0.1, 0.15) is 13.3 Å². The Bertz CT molecular complexity index is 297. The van der Waals surface area contributed by atoms with Crippen LogP contribution in [0.25, 0.3) is 0 Å². The third kappa shape index (κ3) is 3.23. The van der Waals surface area contributed by atoms with Crippen LogP contribution in [0.2, 0.25) is 0 Å². The maximum atomic E-state index is 12.6. The molecule has 1 aromatic heterocycles. The lowest BCUT2D eigenvalue weighted by atomic mass is 10.2. The maximum absolute atomic E-state index is 12.6. The van der Waals surface area contributed by atoms with Crippen molar-refractivity contribution >= 4 is 5.82 Å². The molecule has 0 aromatic carbocycles. The molecule has 0 spiro atoms. The summed E-state index contributed by atoms with van der Waals surface area (Å²) in [6, 6.07) is 4.67. The monoisotopic (exact) mass is 180 g/mol. The fourth-order valence-corrected chi connectivity index (χ4v) is 0.847. The van der Waals surface area contributed by atoms with Gasteiger partial charge < -0.3 is 5.32 Å². The third-order valence-electron chi connectivity index (χ3n) is 1.73. The summed E-state index contributed by atoms with van der Waals surface area (Å²) in [5.41, 5.74) is 1.08. The lowest BCUT2D eigenvalue weighted by Crippen LogP contribution is -2.05. The summed E-state index contributed by atoms with van der Waals surface area (Å²) in [4.78, 5) is 3.66. The van der Waals surface area contributed by atoms with Gasteiger partial charge in [0.05, 0.1) is 0 Å². The molecule has 3 heteroatoms. The first-order valence-electron chi connectivity index (χ1n) is 4.25. The Balaban J connectivity index is 2.50. The average molecular weight is 180 g/mol. The zero-order chi connectivity index (χ0) is 9.68. The Kier molecular flexibility index (Phi) is 3.43. The first-order chi connectivity index (χ1) is 6.22. The number of halogens is 1. The van der Waals surface area contributed by atoms with Gasteiger partial charge in [0.2, 0.25) is 5.95 Å². The molecule has 0 bridgehead atoms. The molecule has 1 rings (SSSR count). The molecule has 0 saturated carbocycles. The molecule has 0 amide bonds. The van der Waals surface area contributed by atoms with Crippen LogP contribution in [-0.4, -0.2) is 11.5 Å². The second kappa shape index (κ2) is 4.60. The highest BCUT2D eigenvalue weighted by atomic mass is 19.1. The summed E-state index contributed by atoms with van der Waals surface area (Å²) >= 11 is 0. The molecular weight excluding hydrogens is 167 g/mol. The van der Waals surface area contributed by atoms with Crippen molar-refractivity contribution in [2.24, 2.45) is 0 Å². The number of nitrogens with zero attached hydrogens (tertiary/aromatic N) is 1. The fourth-order valence-electron chi connectivity index (χ4n) is 0.847. The van der Waals surface area contributed by atoms with Gasteiger partial charge in [-0.3, -0.25) is 0 Å². The van der Waals surface area contributed by atoms with Gasteiger partial charge in [0, 0.05) is 6.54 Å². The number of pyridine rings is 1. The van der Waals surface area contributed by atoms with Crippen LogP contribution in [-0.2, 0) is 0 Å². The summed E-state index contributed by atoms with van der Waals surface area (Å²) in [7, 11) is 0. The van der Waals surface area contributed by atoms with E-state index < -0.39 is 5.95 Å². The van der Waals surface area contributed by atoms with E-state index in [0.717, 1.165) is 12.0 Å². The van der Waals surface area contributed by atoms with Crippen LogP contribution < -0.4 is 5.32 Å². The number of rotatable bonds is 4. The van der Waals surface area contributed by atoms with Crippen LogP contribution in [0.15, 0.2) is 30.4 Å². The normalized spacial score (nSPS) is 9.69. The van der Waals surface area contributed by atoms with E-state index in [9.17, 15) is 4.39 Å². The predicted molar refractivity (Wildman–Crippen MR) is 52.1 cm³/mol. The number of hydrogen-bond acceptors (Lipinski definition) is 2. The summed E-state index contributed by atoms with van der Waals surface area (Å²) < 4.78 is 12.6. The Morgan fingerprint density at radius 2 is 2.38 bits per heavy atom. The molecule has 0 aliphatic rings. The largest absolute Gasteiger partial charge is 0.366 e. The molecule has 0 aliphatic heterocycles. The first kappa shape index (κ1) is 9.71. The van der Waals surface area contributed by atoms with Crippen molar-refractivity contribution in [3.8, 4) is 0 Å². The Hall–Kier alpha value is -1.38. The van der Waals surface area contributed by atoms with Gasteiger partial charge in [-0.1, -0.05) is 25.1 Å². The van der Waals surface area contributed by atoms with Crippen molar-refractivity contribution in [3.63, 3.8) is 0 Å². The van der Waals surface area contributed by atoms with Gasteiger partial charge >= 0.3 is 0 Å². The van der Waals surface area contributed by atoms with Crippen LogP contribution in [0, 0.1) is 5.95 Å². The van der Waals surface area contributed by atoms with Gasteiger partial charge in [0.1, 0.15) is 5.82 Å². The number of anilines is 1. The second-order valence-electron chi connectivity index (χ2n) is 2.80. The van der Waals surface area contributed by atoms with E-state index in [4.69, 9.17) is 0 Å². The quantitative estimate of drug-likeness (QED) is 0.569. The Morgan fingerprint density at radius 1 is 1.62 bits per heavy atom. The number of hydrogen-bond donors (Lipinski definition) is 1. The number of nitrogens with one attached hydrogen (secondary N) is 1. The van der Waals surface area contributed by atoms with E-state index in [1.165, 1.54) is 6.07 Å². The minimum absolute atomic E-state index is 0.466. The van der Waals surface area contributed by atoms with Crippen molar-refractivity contribution in [2.75, 3.05) is 11.9 Å². The van der Waals surface area contributed by atoms with E-state index in [1.807, 2.05) is 6.92 Å². The Morgan fingerprint density at radius 3 is 3.00 bits per heavy atom. The lowest BCUT2D eigenvalue weighted by molar-refractivity contribution is 0.585. The molecule has 1 aromatic rings. The predicted octanol–water partition coefficient (Wildman–Crippen LogP) is 2.60. The maximum Gasteiger partial charge on any atom is 0.214 e. The van der Waals surface area contributed by atoms with E-state index in [2.05, 4.69) is 16.9 Å². The van der Waals surface area contributed by atoms with Crippen LogP contribution in [0.4, 0.5) is 10.2 Å². The molecule has 0 atom stereocenters. The summed E-state index contributed by atoms with van der Waals surface area (Å²) in [6.45, 7) is 6.50. The standard InChI is InChI=1S/C10H13FN2/c1-3-8(2)7-12-10-6-4-5-9(11)13-10/h4-6H,2-3,7H2,1H3,(H,12,13). The number of aromatic nitrogens is 1. The molecule has 0 fully saturated rings.